The molecule has 3 saturated heterocycles. The number of aliphatic hydroxyl groups is 2. The molecule has 0 saturated carbocycles. The zero-order chi connectivity index (χ0) is 45.9. The molecule has 3 aliphatic rings. The molecule has 0 bridgehead atoms. The number of nitrogens with zero attached hydrogens (tertiary/aromatic N) is 2. The smallest absolute Gasteiger partial charge is 0.311 e. The first-order valence-corrected chi connectivity index (χ1v) is 23.4. The van der Waals surface area contributed by atoms with E-state index < -0.39 is 71.9 Å². The summed E-state index contributed by atoms with van der Waals surface area (Å²) in [6, 6.07) is 10.1. The number of hydrogen-bond acceptors (Lipinski definition) is 11. The van der Waals surface area contributed by atoms with Crippen LogP contribution in [0.2, 0.25) is 0 Å². The van der Waals surface area contributed by atoms with Crippen LogP contribution in [0.15, 0.2) is 47.6 Å². The maximum atomic E-state index is 14.6. The molecule has 3 fully saturated rings. The highest BCUT2D eigenvalue weighted by Gasteiger charge is 2.53. The second-order valence-corrected chi connectivity index (χ2v) is 20.5. The molecule has 1 unspecified atom stereocenters. The number of para-hydroxylation sites is 1. The molecule has 348 valence electrons. The number of pyridine rings is 1. The average molecular weight is 865 g/mol. The summed E-state index contributed by atoms with van der Waals surface area (Å²) in [7, 11) is 1.72. The number of cyclic esters (lactones) is 1. The lowest BCUT2D eigenvalue weighted by atomic mass is 9.72. The van der Waals surface area contributed by atoms with Gasteiger partial charge in [-0.05, 0) is 94.7 Å². The van der Waals surface area contributed by atoms with Crippen LogP contribution in [-0.4, -0.2) is 101 Å². The minimum atomic E-state index is -1.79. The number of ether oxygens (including phenoxy) is 6. The number of fused-ring (bicyclic) bond motifs is 1. The maximum Gasteiger partial charge on any atom is 0.311 e. The first-order chi connectivity index (χ1) is 29.0. The van der Waals surface area contributed by atoms with Crippen LogP contribution in [0.25, 0.3) is 17.0 Å². The largest absolute Gasteiger partial charge is 0.459 e. The zero-order valence-corrected chi connectivity index (χ0v) is 40.5. The molecule has 0 radical (unpaired) electrons. The fourth-order valence-electron chi connectivity index (χ4n) is 10.6. The first-order valence-electron chi connectivity index (χ1n) is 23.4. The standard InChI is InChI=1S/C51H80N2O9/c1-16-41-51(14,56)45(54)33(6)43(52-15)30(3)26-50(13,57-23-19-20-38-25-39-21-17-18-22-40(39)53-28-38)46(62-48-32(5)29(2)24-31(4)58-48)34(7)44(35(8)47(55)60-41)61-42-27-49(11,12)36(9)37(10)59-42/h17-22,25,28-37,41-42,44-46,48,54,56H,16,23-24,26-27H2,1-15H3/b20-19+,52-43?/t29-,30-,31+,32+,33-,34-,35+,36-,37-,41+,42-,44-,45+,46+,48?,50-,51+/m0/s1. The Labute approximate surface area is 372 Å². The molecule has 5 rings (SSSR count). The fourth-order valence-corrected chi connectivity index (χ4v) is 10.6. The summed E-state index contributed by atoms with van der Waals surface area (Å²) in [5.74, 6) is -2.01. The Morgan fingerprint density at radius 1 is 0.935 bits per heavy atom. The molecule has 1 aromatic heterocycles. The van der Waals surface area contributed by atoms with E-state index in [0.717, 1.165) is 22.9 Å². The normalized spacial score (nSPS) is 42.2. The van der Waals surface area contributed by atoms with Crippen molar-refractivity contribution in [3.8, 4) is 0 Å². The SMILES string of the molecule is CC[C@H]1OC(=O)[C@H](C)[C@@H](O[C@H]2CC(C)(C)[C@@H](C)[C@H](C)O2)[C@H](C)[C@@H](OC2O[C@H](C)C[C@H](C)[C@H]2C)[C@@](C)(OC/C=C/c2cnc3ccccc3c2)C[C@H](C)C(=NC)[C@H](C)[C@@H](O)[C@]1(C)O. The topological polar surface area (TPSA) is 138 Å². The van der Waals surface area contributed by atoms with Crippen molar-refractivity contribution in [1.29, 1.82) is 0 Å². The van der Waals surface area contributed by atoms with Crippen molar-refractivity contribution < 1.29 is 43.4 Å². The number of carbonyl (C=O) groups excluding carboxylic acids is 1. The molecule has 17 atom stereocenters. The van der Waals surface area contributed by atoms with Crippen LogP contribution in [0.4, 0.5) is 0 Å². The van der Waals surface area contributed by atoms with Gasteiger partial charge in [-0.1, -0.05) is 92.7 Å². The minimum Gasteiger partial charge on any atom is -0.459 e. The molecule has 0 aliphatic carbocycles. The number of rotatable bonds is 9. The van der Waals surface area contributed by atoms with Crippen LogP contribution in [0, 0.1) is 46.8 Å². The molecule has 62 heavy (non-hydrogen) atoms. The Hall–Kier alpha value is -2.77. The highest BCUT2D eigenvalue weighted by atomic mass is 16.7. The van der Waals surface area contributed by atoms with Gasteiger partial charge in [0.15, 0.2) is 12.6 Å². The van der Waals surface area contributed by atoms with Crippen LogP contribution in [0.5, 0.6) is 0 Å². The summed E-state index contributed by atoms with van der Waals surface area (Å²) < 4.78 is 41.1. The van der Waals surface area contributed by atoms with Crippen molar-refractivity contribution >= 4 is 28.7 Å². The predicted molar refractivity (Wildman–Crippen MR) is 245 cm³/mol. The van der Waals surface area contributed by atoms with E-state index in [2.05, 4.69) is 86.4 Å². The predicted octanol–water partition coefficient (Wildman–Crippen LogP) is 9.45. The van der Waals surface area contributed by atoms with Gasteiger partial charge < -0.3 is 38.6 Å². The zero-order valence-electron chi connectivity index (χ0n) is 40.5. The number of aliphatic hydroxyl groups excluding tert-OH is 1. The van der Waals surface area contributed by atoms with Crippen LogP contribution < -0.4 is 0 Å². The Morgan fingerprint density at radius 3 is 2.29 bits per heavy atom. The number of aliphatic imine (C=N–C) groups is 1. The van der Waals surface area contributed by atoms with Gasteiger partial charge in [0.05, 0.1) is 54.2 Å². The van der Waals surface area contributed by atoms with Crippen LogP contribution in [0.1, 0.15) is 128 Å². The summed E-state index contributed by atoms with van der Waals surface area (Å²) in [5.41, 5.74) is -0.342. The van der Waals surface area contributed by atoms with E-state index in [4.69, 9.17) is 33.4 Å². The number of benzene rings is 1. The number of carbonyl (C=O) groups is 1. The molecule has 11 nitrogen and oxygen atoms in total. The second-order valence-electron chi connectivity index (χ2n) is 20.5. The first kappa shape index (κ1) is 50.2. The lowest BCUT2D eigenvalue weighted by Gasteiger charge is -2.50. The molecular formula is C51H80N2O9. The van der Waals surface area contributed by atoms with Crippen molar-refractivity contribution in [1.82, 2.24) is 4.98 Å². The lowest BCUT2D eigenvalue weighted by Crippen LogP contribution is -2.59. The molecule has 11 heteroatoms. The fraction of sp³-hybridized carbons (Fsp3) is 0.745. The van der Waals surface area contributed by atoms with Crippen molar-refractivity contribution in [2.45, 2.75) is 183 Å². The van der Waals surface area contributed by atoms with Gasteiger partial charge in [-0.3, -0.25) is 14.8 Å². The van der Waals surface area contributed by atoms with Crippen molar-refractivity contribution in [2.75, 3.05) is 13.7 Å². The van der Waals surface area contributed by atoms with E-state index in [0.29, 0.717) is 24.5 Å². The van der Waals surface area contributed by atoms with Crippen molar-refractivity contribution in [3.05, 3.63) is 48.2 Å². The molecular weight excluding hydrogens is 785 g/mol. The number of esters is 1. The van der Waals surface area contributed by atoms with E-state index in [9.17, 15) is 15.0 Å². The second kappa shape index (κ2) is 20.6. The van der Waals surface area contributed by atoms with Crippen LogP contribution in [-0.2, 0) is 33.2 Å². The Balaban J connectivity index is 1.65. The average Bonchev–Trinajstić information content (AvgIpc) is 3.21. The van der Waals surface area contributed by atoms with Gasteiger partial charge in [-0.2, -0.15) is 0 Å². The van der Waals surface area contributed by atoms with Gasteiger partial charge in [-0.15, -0.1) is 0 Å². The van der Waals surface area contributed by atoms with E-state index in [-0.39, 0.29) is 48.4 Å². The molecule has 2 aromatic rings. The third-order valence-corrected chi connectivity index (χ3v) is 15.2. The third kappa shape index (κ3) is 11.2. The van der Waals surface area contributed by atoms with Gasteiger partial charge in [0, 0.05) is 48.5 Å². The summed E-state index contributed by atoms with van der Waals surface area (Å²) in [6.07, 6.45) is 3.06. The molecule has 4 heterocycles. The van der Waals surface area contributed by atoms with E-state index >= 15 is 0 Å². The minimum absolute atomic E-state index is 0.0214. The van der Waals surface area contributed by atoms with Crippen molar-refractivity contribution in [3.63, 3.8) is 0 Å². The Kier molecular flexibility index (Phi) is 16.7. The van der Waals surface area contributed by atoms with Crippen LogP contribution in [0.3, 0.4) is 0 Å². The highest BCUT2D eigenvalue weighted by molar-refractivity contribution is 5.89. The number of hydrogen-bond donors (Lipinski definition) is 2. The van der Waals surface area contributed by atoms with Gasteiger partial charge in [0.2, 0.25) is 0 Å². The maximum absolute atomic E-state index is 14.6. The molecule has 1 aromatic carbocycles. The van der Waals surface area contributed by atoms with E-state index in [1.165, 1.54) is 0 Å². The summed E-state index contributed by atoms with van der Waals surface area (Å²) in [4.78, 5) is 24.0. The van der Waals surface area contributed by atoms with E-state index in [1.807, 2.05) is 57.3 Å². The Bertz CT molecular complexity index is 1850. The summed E-state index contributed by atoms with van der Waals surface area (Å²) >= 11 is 0. The van der Waals surface area contributed by atoms with Gasteiger partial charge in [0.1, 0.15) is 11.7 Å². The van der Waals surface area contributed by atoms with E-state index in [1.54, 1.807) is 14.0 Å². The van der Waals surface area contributed by atoms with Crippen molar-refractivity contribution in [2.24, 2.45) is 51.8 Å². The Morgan fingerprint density at radius 2 is 1.63 bits per heavy atom. The molecule has 2 N–H and O–H groups in total. The monoisotopic (exact) mass is 865 g/mol. The van der Waals surface area contributed by atoms with Crippen LogP contribution >= 0.6 is 0 Å². The summed E-state index contributed by atoms with van der Waals surface area (Å²) in [5, 5.41) is 25.1. The quantitative estimate of drug-likeness (QED) is 0.235. The highest BCUT2D eigenvalue weighted by Crippen LogP contribution is 2.45. The molecule has 3 aliphatic heterocycles. The molecule has 0 amide bonds. The van der Waals surface area contributed by atoms with Gasteiger partial charge in [0.25, 0.3) is 0 Å². The summed E-state index contributed by atoms with van der Waals surface area (Å²) in [6.45, 7) is 28.8. The lowest BCUT2D eigenvalue weighted by molar-refractivity contribution is -0.304. The molecule has 0 spiro atoms. The number of aromatic nitrogens is 1. The van der Waals surface area contributed by atoms with Gasteiger partial charge in [-0.25, -0.2) is 0 Å². The third-order valence-electron chi connectivity index (χ3n) is 15.2. The van der Waals surface area contributed by atoms with Gasteiger partial charge >= 0.3 is 5.97 Å².